The molecule has 1 aromatic heterocycles. The van der Waals surface area contributed by atoms with E-state index in [0.717, 1.165) is 36.8 Å². The number of nitrogens with zero attached hydrogens (tertiary/aromatic N) is 1. The zero-order chi connectivity index (χ0) is 17.9. The summed E-state index contributed by atoms with van der Waals surface area (Å²) < 4.78 is 24.9. The first kappa shape index (κ1) is 17.6. The maximum atomic E-state index is 12.2. The first-order chi connectivity index (χ1) is 11.9. The second kappa shape index (κ2) is 7.37. The highest BCUT2D eigenvalue weighted by atomic mass is 32.2. The predicted octanol–water partition coefficient (Wildman–Crippen LogP) is 3.48. The number of hydrogen-bond acceptors (Lipinski definition) is 5. The molecule has 0 saturated heterocycles. The lowest BCUT2D eigenvalue weighted by Gasteiger charge is -2.15. The molecule has 1 aliphatic rings. The van der Waals surface area contributed by atoms with Crippen LogP contribution in [0.5, 0.6) is 0 Å². The summed E-state index contributed by atoms with van der Waals surface area (Å²) in [6, 6.07) is 6.95. The third-order valence-electron chi connectivity index (χ3n) is 3.86. The Hall–Kier alpha value is -2.19. The molecule has 0 unspecified atom stereocenters. The number of carbonyl (C=O) groups is 1. The van der Waals surface area contributed by atoms with Crippen molar-refractivity contribution < 1.29 is 13.2 Å². The van der Waals surface area contributed by atoms with Gasteiger partial charge in [-0.15, -0.1) is 11.3 Å². The number of thiazole rings is 1. The molecule has 1 amide bonds. The molecule has 0 spiro atoms. The van der Waals surface area contributed by atoms with E-state index in [0.29, 0.717) is 10.8 Å². The minimum absolute atomic E-state index is 0.0120. The monoisotopic (exact) mass is 377 g/mol. The van der Waals surface area contributed by atoms with Crippen molar-refractivity contribution >= 4 is 38.1 Å². The van der Waals surface area contributed by atoms with Crippen molar-refractivity contribution in [3.05, 3.63) is 41.8 Å². The molecule has 6 nitrogen and oxygen atoms in total. The van der Waals surface area contributed by atoms with E-state index in [-0.39, 0.29) is 11.8 Å². The predicted molar refractivity (Wildman–Crippen MR) is 101 cm³/mol. The van der Waals surface area contributed by atoms with Crippen LogP contribution >= 0.6 is 11.3 Å². The Labute approximate surface area is 151 Å². The lowest BCUT2D eigenvalue weighted by molar-refractivity contribution is -0.120. The maximum absolute atomic E-state index is 12.2. The number of nitrogens with one attached hydrogen (secondary N) is 2. The molecule has 0 fully saturated rings. The Balaban J connectivity index is 1.66. The smallest absolute Gasteiger partial charge is 0.229 e. The number of amides is 1. The van der Waals surface area contributed by atoms with Crippen LogP contribution in [0.4, 0.5) is 10.8 Å². The van der Waals surface area contributed by atoms with E-state index in [9.17, 15) is 13.2 Å². The molecule has 8 heteroatoms. The Kier molecular flexibility index (Phi) is 5.19. The van der Waals surface area contributed by atoms with Gasteiger partial charge in [0, 0.05) is 22.5 Å². The lowest BCUT2D eigenvalue weighted by Crippen LogP contribution is -2.23. The molecule has 2 aromatic rings. The van der Waals surface area contributed by atoms with Gasteiger partial charge in [-0.1, -0.05) is 24.3 Å². The van der Waals surface area contributed by atoms with Gasteiger partial charge in [0.25, 0.3) is 0 Å². The normalized spacial score (nSPS) is 17.2. The van der Waals surface area contributed by atoms with E-state index in [4.69, 9.17) is 0 Å². The van der Waals surface area contributed by atoms with Crippen LogP contribution in [0.2, 0.25) is 0 Å². The second-order valence-electron chi connectivity index (χ2n) is 5.96. The summed E-state index contributed by atoms with van der Waals surface area (Å²) in [5.74, 6) is 0.0247. The highest BCUT2D eigenvalue weighted by Gasteiger charge is 2.19. The van der Waals surface area contributed by atoms with Crippen LogP contribution in [0.15, 0.2) is 41.8 Å². The van der Waals surface area contributed by atoms with Gasteiger partial charge in [-0.3, -0.25) is 9.52 Å². The number of allylic oxidation sites excluding steroid dienone is 2. The summed E-state index contributed by atoms with van der Waals surface area (Å²) in [7, 11) is -3.29. The Morgan fingerprint density at radius 1 is 1.24 bits per heavy atom. The summed E-state index contributed by atoms with van der Waals surface area (Å²) in [5, 5.41) is 5.33. The summed E-state index contributed by atoms with van der Waals surface area (Å²) in [6.45, 7) is 0. The molecule has 1 aliphatic carbocycles. The van der Waals surface area contributed by atoms with Crippen molar-refractivity contribution in [2.45, 2.75) is 19.3 Å². The van der Waals surface area contributed by atoms with Crippen molar-refractivity contribution in [1.29, 1.82) is 0 Å². The zero-order valence-electron chi connectivity index (χ0n) is 13.7. The van der Waals surface area contributed by atoms with E-state index in [2.05, 4.69) is 21.1 Å². The Morgan fingerprint density at radius 3 is 2.64 bits per heavy atom. The number of anilines is 2. The number of carbonyl (C=O) groups excluding carboxylic acids is 1. The van der Waals surface area contributed by atoms with Crippen LogP contribution in [0.25, 0.3) is 11.3 Å². The first-order valence-corrected chi connectivity index (χ1v) is 10.7. The van der Waals surface area contributed by atoms with Crippen LogP contribution in [0.1, 0.15) is 19.3 Å². The molecule has 132 valence electrons. The van der Waals surface area contributed by atoms with Gasteiger partial charge in [0.05, 0.1) is 11.9 Å². The fourth-order valence-electron chi connectivity index (χ4n) is 2.63. The van der Waals surface area contributed by atoms with Crippen LogP contribution in [-0.4, -0.2) is 25.6 Å². The van der Waals surface area contributed by atoms with Crippen molar-refractivity contribution in [1.82, 2.24) is 4.98 Å². The third-order valence-corrected chi connectivity index (χ3v) is 5.22. The number of rotatable bonds is 5. The third kappa shape index (κ3) is 4.90. The fourth-order valence-corrected chi connectivity index (χ4v) is 3.91. The molecule has 25 heavy (non-hydrogen) atoms. The number of sulfonamides is 1. The molecule has 1 aromatic carbocycles. The SMILES string of the molecule is CS(=O)(=O)Nc1ccc(-c2csc(NC(=O)[C@H]3CC=CCC3)n2)cc1. The number of hydrogen-bond donors (Lipinski definition) is 2. The van der Waals surface area contributed by atoms with Crippen molar-refractivity contribution in [3.8, 4) is 11.3 Å². The second-order valence-corrected chi connectivity index (χ2v) is 8.57. The topological polar surface area (TPSA) is 88.2 Å². The van der Waals surface area contributed by atoms with Crippen molar-refractivity contribution in [2.24, 2.45) is 5.92 Å². The van der Waals surface area contributed by atoms with Gasteiger partial charge in [-0.2, -0.15) is 0 Å². The minimum atomic E-state index is -3.29. The van der Waals surface area contributed by atoms with Crippen LogP contribution < -0.4 is 10.0 Å². The largest absolute Gasteiger partial charge is 0.302 e. The minimum Gasteiger partial charge on any atom is -0.302 e. The molecule has 3 rings (SSSR count). The van der Waals surface area contributed by atoms with Gasteiger partial charge in [-0.05, 0) is 31.4 Å². The van der Waals surface area contributed by atoms with Gasteiger partial charge in [-0.25, -0.2) is 13.4 Å². The van der Waals surface area contributed by atoms with E-state index in [1.165, 1.54) is 11.3 Å². The lowest BCUT2D eigenvalue weighted by atomic mass is 9.94. The summed E-state index contributed by atoms with van der Waals surface area (Å²) in [5.41, 5.74) is 2.10. The molecule has 0 aliphatic heterocycles. The first-order valence-electron chi connectivity index (χ1n) is 7.90. The standard InChI is InChI=1S/C17H19N3O3S2/c1-25(22,23)20-14-9-7-12(8-10-14)15-11-24-17(18-15)19-16(21)13-5-3-2-4-6-13/h2-3,7-11,13,20H,4-6H2,1H3,(H,18,19,21)/t13-/m0/s1. The average Bonchev–Trinajstić information content (AvgIpc) is 3.03. The molecule has 0 bridgehead atoms. The van der Waals surface area contributed by atoms with Gasteiger partial charge >= 0.3 is 0 Å². The van der Waals surface area contributed by atoms with Crippen molar-refractivity contribution in [2.75, 3.05) is 16.3 Å². The summed E-state index contributed by atoms with van der Waals surface area (Å²) in [6.07, 6.45) is 7.85. The quantitative estimate of drug-likeness (QED) is 0.781. The molecular weight excluding hydrogens is 358 g/mol. The number of benzene rings is 1. The van der Waals surface area contributed by atoms with Gasteiger partial charge in [0.15, 0.2) is 5.13 Å². The van der Waals surface area contributed by atoms with Crippen LogP contribution in [-0.2, 0) is 14.8 Å². The van der Waals surface area contributed by atoms with Gasteiger partial charge in [0.1, 0.15) is 0 Å². The number of aromatic nitrogens is 1. The molecule has 1 heterocycles. The van der Waals surface area contributed by atoms with Gasteiger partial charge < -0.3 is 5.32 Å². The maximum Gasteiger partial charge on any atom is 0.229 e. The fraction of sp³-hybridized carbons (Fsp3) is 0.294. The van der Waals surface area contributed by atoms with E-state index < -0.39 is 10.0 Å². The highest BCUT2D eigenvalue weighted by molar-refractivity contribution is 7.92. The Bertz CT molecular complexity index is 886. The molecule has 0 saturated carbocycles. The summed E-state index contributed by atoms with van der Waals surface area (Å²) in [4.78, 5) is 16.7. The highest BCUT2D eigenvalue weighted by Crippen LogP contribution is 2.27. The zero-order valence-corrected chi connectivity index (χ0v) is 15.4. The summed E-state index contributed by atoms with van der Waals surface area (Å²) >= 11 is 1.38. The molecule has 0 radical (unpaired) electrons. The molecular formula is C17H19N3O3S2. The van der Waals surface area contributed by atoms with E-state index >= 15 is 0 Å². The van der Waals surface area contributed by atoms with E-state index in [1.807, 2.05) is 11.5 Å². The van der Waals surface area contributed by atoms with Crippen LogP contribution in [0.3, 0.4) is 0 Å². The van der Waals surface area contributed by atoms with E-state index in [1.54, 1.807) is 24.3 Å². The Morgan fingerprint density at radius 2 is 2.00 bits per heavy atom. The van der Waals surface area contributed by atoms with Crippen LogP contribution in [0, 0.1) is 5.92 Å². The molecule has 1 atom stereocenters. The van der Waals surface area contributed by atoms with Crippen molar-refractivity contribution in [3.63, 3.8) is 0 Å². The average molecular weight is 377 g/mol. The van der Waals surface area contributed by atoms with Gasteiger partial charge in [0.2, 0.25) is 15.9 Å². The molecule has 2 N–H and O–H groups in total.